The molecule has 0 unspecified atom stereocenters. The number of carbonyl (C=O) groups is 1. The van der Waals surface area contributed by atoms with Gasteiger partial charge >= 0.3 is 6.03 Å². The monoisotopic (exact) mass is 283 g/mol. The van der Waals surface area contributed by atoms with Crippen molar-refractivity contribution in [2.24, 2.45) is 5.73 Å². The van der Waals surface area contributed by atoms with E-state index in [1.165, 1.54) is 83.5 Å². The van der Waals surface area contributed by atoms with Crippen molar-refractivity contribution in [3.05, 3.63) is 0 Å². The molecule has 3 heteroatoms. The molecule has 1 radical (unpaired) electrons. The van der Waals surface area contributed by atoms with E-state index in [4.69, 9.17) is 5.73 Å². The van der Waals surface area contributed by atoms with E-state index < -0.39 is 6.03 Å². The first-order valence-electron chi connectivity index (χ1n) is 8.74. The van der Waals surface area contributed by atoms with Gasteiger partial charge in [0.15, 0.2) is 0 Å². The summed E-state index contributed by atoms with van der Waals surface area (Å²) in [6.07, 6.45) is 18.8. The number of rotatable bonds is 15. The Morgan fingerprint density at radius 2 is 1.05 bits per heavy atom. The van der Waals surface area contributed by atoms with Gasteiger partial charge in [-0.3, -0.25) is 0 Å². The zero-order valence-electron chi connectivity index (χ0n) is 13.5. The molecule has 0 atom stereocenters. The molecule has 0 saturated heterocycles. The van der Waals surface area contributed by atoms with E-state index in [1.54, 1.807) is 0 Å². The molecule has 0 bridgehead atoms. The maximum atomic E-state index is 10.4. The number of urea groups is 1. The van der Waals surface area contributed by atoms with Gasteiger partial charge in [-0.15, -0.1) is 0 Å². The van der Waals surface area contributed by atoms with Crippen molar-refractivity contribution in [3.63, 3.8) is 0 Å². The van der Waals surface area contributed by atoms with Crippen LogP contribution < -0.4 is 11.1 Å². The Morgan fingerprint density at radius 3 is 1.40 bits per heavy atom. The molecule has 0 rings (SSSR count). The third kappa shape index (κ3) is 17.3. The van der Waals surface area contributed by atoms with Gasteiger partial charge in [0, 0.05) is 6.54 Å². The second-order valence-electron chi connectivity index (χ2n) is 5.82. The van der Waals surface area contributed by atoms with Crippen LogP contribution in [0, 0.1) is 0 Å². The van der Waals surface area contributed by atoms with Crippen LogP contribution in [0.5, 0.6) is 0 Å². The van der Waals surface area contributed by atoms with E-state index in [9.17, 15) is 4.79 Å². The molecule has 3 nitrogen and oxygen atoms in total. The molecule has 2 N–H and O–H groups in total. The Balaban J connectivity index is 2.94. The van der Waals surface area contributed by atoms with Crippen LogP contribution in [0.2, 0.25) is 0 Å². The summed E-state index contributed by atoms with van der Waals surface area (Å²) in [5, 5.41) is 3.66. The van der Waals surface area contributed by atoms with E-state index in [-0.39, 0.29) is 0 Å². The Kier molecular flexibility index (Phi) is 15.7. The van der Waals surface area contributed by atoms with Crippen molar-refractivity contribution in [1.82, 2.24) is 5.32 Å². The van der Waals surface area contributed by atoms with Gasteiger partial charge in [-0.25, -0.2) is 10.1 Å². The van der Waals surface area contributed by atoms with Gasteiger partial charge in [-0.05, 0) is 6.42 Å². The molecule has 0 aliphatic heterocycles. The molecule has 0 aromatic carbocycles. The molecule has 2 amide bonds. The second-order valence-corrected chi connectivity index (χ2v) is 5.82. The number of nitrogens with two attached hydrogens (primary N) is 1. The maximum Gasteiger partial charge on any atom is 0.333 e. The lowest BCUT2D eigenvalue weighted by Gasteiger charge is -2.03. The number of nitrogens with zero attached hydrogens (tertiary/aromatic N) is 1. The van der Waals surface area contributed by atoms with Crippen molar-refractivity contribution in [1.29, 1.82) is 0 Å². The Bertz CT molecular complexity index is 207. The van der Waals surface area contributed by atoms with Gasteiger partial charge in [0.05, 0.1) is 0 Å². The first-order valence-corrected chi connectivity index (χ1v) is 8.74. The number of amides is 2. The molecule has 0 aliphatic rings. The van der Waals surface area contributed by atoms with Crippen LogP contribution in [0.15, 0.2) is 0 Å². The summed E-state index contributed by atoms with van der Waals surface area (Å²) in [5.74, 6) is 0. The molecule has 0 fully saturated rings. The summed E-state index contributed by atoms with van der Waals surface area (Å²) in [6.45, 7) is 2.87. The first kappa shape index (κ1) is 19.3. The van der Waals surface area contributed by atoms with E-state index in [0.717, 1.165) is 6.42 Å². The lowest BCUT2D eigenvalue weighted by molar-refractivity contribution is 0.248. The third-order valence-electron chi connectivity index (χ3n) is 3.78. The number of carbonyl (C=O) groups excluding carboxylic acids is 1. The fourth-order valence-corrected chi connectivity index (χ4v) is 2.50. The van der Waals surface area contributed by atoms with Crippen LogP contribution in [-0.2, 0) is 0 Å². The van der Waals surface area contributed by atoms with Gasteiger partial charge in [0.25, 0.3) is 0 Å². The highest BCUT2D eigenvalue weighted by Crippen LogP contribution is 2.12. The maximum absolute atomic E-state index is 10.4. The molecule has 20 heavy (non-hydrogen) atoms. The molecule has 0 saturated carbocycles. The predicted octanol–water partition coefficient (Wildman–Crippen LogP) is 5.15. The molecule has 119 valence electrons. The number of unbranched alkanes of at least 4 members (excludes halogenated alkanes) is 13. The van der Waals surface area contributed by atoms with Crippen molar-refractivity contribution in [2.75, 3.05) is 6.54 Å². The standard InChI is InChI=1S/C17H35N2O/c1-2-3-4-5-6-7-8-9-10-11-12-13-14-15-16-19-17(18)20/h2-16H2,1H3,(H2,18,20). The lowest BCUT2D eigenvalue weighted by atomic mass is 10.0. The molecule has 0 heterocycles. The van der Waals surface area contributed by atoms with Crippen molar-refractivity contribution in [2.45, 2.75) is 96.8 Å². The van der Waals surface area contributed by atoms with Gasteiger partial charge in [0.1, 0.15) is 0 Å². The van der Waals surface area contributed by atoms with E-state index in [1.807, 2.05) is 0 Å². The van der Waals surface area contributed by atoms with Crippen LogP contribution in [0.25, 0.3) is 0 Å². The first-order chi connectivity index (χ1) is 9.77. The summed E-state index contributed by atoms with van der Waals surface area (Å²) in [6, 6.07) is -0.528. The third-order valence-corrected chi connectivity index (χ3v) is 3.78. The minimum absolute atomic E-state index is 0.528. The van der Waals surface area contributed by atoms with Crippen LogP contribution in [-0.4, -0.2) is 12.6 Å². The van der Waals surface area contributed by atoms with Gasteiger partial charge in [-0.2, -0.15) is 0 Å². The highest BCUT2D eigenvalue weighted by Gasteiger charge is 1.95. The summed E-state index contributed by atoms with van der Waals surface area (Å²) < 4.78 is 0. The smallest absolute Gasteiger partial charge is 0.333 e. The van der Waals surface area contributed by atoms with Crippen molar-refractivity contribution in [3.8, 4) is 0 Å². The summed E-state index contributed by atoms with van der Waals surface area (Å²) >= 11 is 0. The van der Waals surface area contributed by atoms with Crippen LogP contribution in [0.1, 0.15) is 96.8 Å². The lowest BCUT2D eigenvalue weighted by Crippen LogP contribution is -2.23. The summed E-state index contributed by atoms with van der Waals surface area (Å²) in [5.41, 5.74) is 4.94. The highest BCUT2D eigenvalue weighted by atomic mass is 16.2. The Labute approximate surface area is 126 Å². The zero-order valence-corrected chi connectivity index (χ0v) is 13.5. The van der Waals surface area contributed by atoms with E-state index in [2.05, 4.69) is 12.2 Å². The normalized spacial score (nSPS) is 10.7. The molecular formula is C17H35N2O. The topological polar surface area (TPSA) is 57.2 Å². The Morgan fingerprint density at radius 1 is 0.700 bits per heavy atom. The summed E-state index contributed by atoms with van der Waals surface area (Å²) in [4.78, 5) is 10.4. The quantitative estimate of drug-likeness (QED) is 0.415. The molecular weight excluding hydrogens is 248 g/mol. The van der Waals surface area contributed by atoms with Crippen LogP contribution in [0.3, 0.4) is 0 Å². The SMILES string of the molecule is CCCCCCCCCCCCCCCC[N]C(N)=O. The highest BCUT2D eigenvalue weighted by molar-refractivity contribution is 5.71. The van der Waals surface area contributed by atoms with Gasteiger partial charge in [0.2, 0.25) is 0 Å². The van der Waals surface area contributed by atoms with Crippen LogP contribution >= 0.6 is 0 Å². The van der Waals surface area contributed by atoms with E-state index in [0.29, 0.717) is 6.54 Å². The predicted molar refractivity (Wildman–Crippen MR) is 86.9 cm³/mol. The number of hydrogen-bond donors (Lipinski definition) is 1. The largest absolute Gasteiger partial charge is 0.350 e. The Hall–Kier alpha value is -0.730. The fourth-order valence-electron chi connectivity index (χ4n) is 2.50. The zero-order chi connectivity index (χ0) is 14.9. The second kappa shape index (κ2) is 16.3. The van der Waals surface area contributed by atoms with Crippen molar-refractivity contribution >= 4 is 6.03 Å². The molecule has 0 aliphatic carbocycles. The minimum Gasteiger partial charge on any atom is -0.350 e. The van der Waals surface area contributed by atoms with E-state index >= 15 is 0 Å². The van der Waals surface area contributed by atoms with Gasteiger partial charge < -0.3 is 5.73 Å². The average Bonchev–Trinajstić information content (AvgIpc) is 2.43. The molecule has 0 aromatic heterocycles. The molecule has 0 aromatic rings. The van der Waals surface area contributed by atoms with Gasteiger partial charge in [-0.1, -0.05) is 90.4 Å². The summed E-state index contributed by atoms with van der Waals surface area (Å²) in [7, 11) is 0. The average molecular weight is 283 g/mol. The number of hydrogen-bond acceptors (Lipinski definition) is 1. The molecule has 0 spiro atoms. The number of primary amides is 1. The minimum atomic E-state index is -0.528. The fraction of sp³-hybridized carbons (Fsp3) is 0.941. The van der Waals surface area contributed by atoms with Crippen LogP contribution in [0.4, 0.5) is 4.79 Å². The van der Waals surface area contributed by atoms with Crippen molar-refractivity contribution < 1.29 is 4.79 Å².